The number of halogens is 1. The lowest BCUT2D eigenvalue weighted by Gasteiger charge is -2.13. The molecule has 0 radical (unpaired) electrons. The van der Waals surface area contributed by atoms with Gasteiger partial charge in [-0.2, -0.15) is 0 Å². The van der Waals surface area contributed by atoms with E-state index in [9.17, 15) is 4.79 Å². The fraction of sp³-hybridized carbons (Fsp3) is 0.409. The molecule has 1 fully saturated rings. The van der Waals surface area contributed by atoms with Crippen molar-refractivity contribution in [1.29, 1.82) is 0 Å². The van der Waals surface area contributed by atoms with Crippen LogP contribution in [0, 0.1) is 0 Å². The second kappa shape index (κ2) is 10.5. The molecule has 6 heteroatoms. The van der Waals surface area contributed by atoms with Crippen molar-refractivity contribution < 1.29 is 19.0 Å². The van der Waals surface area contributed by atoms with Gasteiger partial charge in [-0.15, -0.1) is 0 Å². The van der Waals surface area contributed by atoms with Crippen molar-refractivity contribution in [3.05, 3.63) is 52.5 Å². The van der Waals surface area contributed by atoms with Gasteiger partial charge in [0.05, 0.1) is 18.3 Å². The first-order valence-electron chi connectivity index (χ1n) is 9.74. The Morgan fingerprint density at radius 2 is 2.04 bits per heavy atom. The molecule has 28 heavy (non-hydrogen) atoms. The molecule has 150 valence electrons. The van der Waals surface area contributed by atoms with Gasteiger partial charge >= 0.3 is 0 Å². The molecule has 1 atom stereocenters. The molecule has 0 saturated carbocycles. The maximum absolute atomic E-state index is 12.7. The van der Waals surface area contributed by atoms with E-state index in [0.717, 1.165) is 42.5 Å². The Bertz CT molecular complexity index is 773. The quantitative estimate of drug-likeness (QED) is 0.520. The first kappa shape index (κ1) is 20.7. The van der Waals surface area contributed by atoms with E-state index in [-0.39, 0.29) is 12.0 Å². The van der Waals surface area contributed by atoms with E-state index in [2.05, 4.69) is 28.2 Å². The molecule has 0 aromatic heterocycles. The number of anilines is 1. The van der Waals surface area contributed by atoms with E-state index in [1.165, 1.54) is 0 Å². The Morgan fingerprint density at radius 1 is 1.21 bits per heavy atom. The molecule has 1 N–H and O–H groups in total. The van der Waals surface area contributed by atoms with Crippen molar-refractivity contribution in [3.8, 4) is 11.5 Å². The maximum atomic E-state index is 12.7. The molecule has 1 amide bonds. The standard InChI is InChI=1S/C22H26BrNO4/c1-2-3-12-27-21-11-6-16(23)14-20(21)22(25)24-17-7-9-18(10-8-17)28-15-19-5-4-13-26-19/h6-11,14,19H,2-5,12-13,15H2,1H3,(H,24,25). The second-order valence-corrected chi connectivity index (χ2v) is 7.68. The van der Waals surface area contributed by atoms with Crippen LogP contribution in [-0.2, 0) is 4.74 Å². The molecule has 0 bridgehead atoms. The zero-order valence-corrected chi connectivity index (χ0v) is 17.7. The summed E-state index contributed by atoms with van der Waals surface area (Å²) in [6.07, 6.45) is 4.31. The van der Waals surface area contributed by atoms with Crippen LogP contribution < -0.4 is 14.8 Å². The zero-order valence-electron chi connectivity index (χ0n) is 16.1. The van der Waals surface area contributed by atoms with Gasteiger partial charge in [0, 0.05) is 16.8 Å². The molecule has 2 aromatic rings. The predicted octanol–water partition coefficient (Wildman–Crippen LogP) is 5.44. The molecule has 3 rings (SSSR count). The Hall–Kier alpha value is -2.05. The Balaban J connectivity index is 1.60. The molecule has 1 aliphatic rings. The lowest BCUT2D eigenvalue weighted by Crippen LogP contribution is -2.16. The molecular weight excluding hydrogens is 422 g/mol. The number of unbranched alkanes of at least 4 members (excludes halogenated alkanes) is 1. The van der Waals surface area contributed by atoms with Crippen molar-refractivity contribution in [2.24, 2.45) is 0 Å². The molecular formula is C22H26BrNO4. The number of nitrogens with one attached hydrogen (secondary N) is 1. The first-order chi connectivity index (χ1) is 13.7. The predicted molar refractivity (Wildman–Crippen MR) is 113 cm³/mol. The van der Waals surface area contributed by atoms with Gasteiger partial charge in [0.15, 0.2) is 0 Å². The minimum absolute atomic E-state index is 0.182. The largest absolute Gasteiger partial charge is 0.493 e. The van der Waals surface area contributed by atoms with Crippen molar-refractivity contribution in [2.75, 3.05) is 25.1 Å². The van der Waals surface area contributed by atoms with E-state index in [0.29, 0.717) is 30.2 Å². The van der Waals surface area contributed by atoms with Crippen molar-refractivity contribution in [3.63, 3.8) is 0 Å². The van der Waals surface area contributed by atoms with Crippen molar-refractivity contribution in [1.82, 2.24) is 0 Å². The number of rotatable bonds is 9. The number of hydrogen-bond acceptors (Lipinski definition) is 4. The molecule has 1 heterocycles. The highest BCUT2D eigenvalue weighted by Crippen LogP contribution is 2.25. The molecule has 1 aliphatic heterocycles. The summed E-state index contributed by atoms with van der Waals surface area (Å²) in [5.74, 6) is 1.14. The summed E-state index contributed by atoms with van der Waals surface area (Å²) in [7, 11) is 0. The molecule has 0 aliphatic carbocycles. The monoisotopic (exact) mass is 447 g/mol. The SMILES string of the molecule is CCCCOc1ccc(Br)cc1C(=O)Nc1ccc(OCC2CCCO2)cc1. The number of amides is 1. The number of ether oxygens (including phenoxy) is 3. The number of carbonyl (C=O) groups is 1. The average molecular weight is 448 g/mol. The van der Waals surface area contributed by atoms with Gasteiger partial charge in [0.25, 0.3) is 5.91 Å². The summed E-state index contributed by atoms with van der Waals surface area (Å²) in [6.45, 7) is 4.07. The second-order valence-electron chi connectivity index (χ2n) is 6.77. The Kier molecular flexibility index (Phi) is 7.74. The van der Waals surface area contributed by atoms with Crippen LogP contribution in [0.1, 0.15) is 43.0 Å². The van der Waals surface area contributed by atoms with E-state index < -0.39 is 0 Å². The van der Waals surface area contributed by atoms with Gasteiger partial charge in [-0.1, -0.05) is 29.3 Å². The smallest absolute Gasteiger partial charge is 0.259 e. The lowest BCUT2D eigenvalue weighted by atomic mass is 10.1. The van der Waals surface area contributed by atoms with Crippen LogP contribution in [0.25, 0.3) is 0 Å². The highest BCUT2D eigenvalue weighted by Gasteiger charge is 2.16. The summed E-state index contributed by atoms with van der Waals surface area (Å²) >= 11 is 3.42. The van der Waals surface area contributed by atoms with Crippen LogP contribution in [0.15, 0.2) is 46.9 Å². The van der Waals surface area contributed by atoms with Gasteiger partial charge in [-0.25, -0.2) is 0 Å². The van der Waals surface area contributed by atoms with Gasteiger partial charge in [-0.05, 0) is 61.7 Å². The highest BCUT2D eigenvalue weighted by atomic mass is 79.9. The van der Waals surface area contributed by atoms with Crippen molar-refractivity contribution >= 4 is 27.5 Å². The highest BCUT2D eigenvalue weighted by molar-refractivity contribution is 9.10. The number of hydrogen-bond donors (Lipinski definition) is 1. The molecule has 1 saturated heterocycles. The number of carbonyl (C=O) groups excluding carboxylic acids is 1. The van der Waals surface area contributed by atoms with Crippen LogP contribution in [0.4, 0.5) is 5.69 Å². The van der Waals surface area contributed by atoms with Gasteiger partial charge in [0.2, 0.25) is 0 Å². The first-order valence-corrected chi connectivity index (χ1v) is 10.5. The zero-order chi connectivity index (χ0) is 19.8. The number of benzene rings is 2. The minimum Gasteiger partial charge on any atom is -0.493 e. The normalized spacial score (nSPS) is 16.0. The summed E-state index contributed by atoms with van der Waals surface area (Å²) in [5.41, 5.74) is 1.21. The third-order valence-electron chi connectivity index (χ3n) is 4.51. The third kappa shape index (κ3) is 5.97. The van der Waals surface area contributed by atoms with Crippen LogP contribution >= 0.6 is 15.9 Å². The third-order valence-corrected chi connectivity index (χ3v) is 5.01. The van der Waals surface area contributed by atoms with Crippen LogP contribution in [0.5, 0.6) is 11.5 Å². The van der Waals surface area contributed by atoms with Crippen molar-refractivity contribution in [2.45, 2.75) is 38.7 Å². The maximum Gasteiger partial charge on any atom is 0.259 e. The Morgan fingerprint density at radius 3 is 2.75 bits per heavy atom. The fourth-order valence-electron chi connectivity index (χ4n) is 2.93. The Labute approximate surface area is 174 Å². The fourth-order valence-corrected chi connectivity index (χ4v) is 3.29. The van der Waals surface area contributed by atoms with Crippen LogP contribution in [0.2, 0.25) is 0 Å². The summed E-state index contributed by atoms with van der Waals surface area (Å²) < 4.78 is 17.9. The van der Waals surface area contributed by atoms with E-state index in [1.54, 1.807) is 6.07 Å². The van der Waals surface area contributed by atoms with Gasteiger partial charge in [-0.3, -0.25) is 4.79 Å². The van der Waals surface area contributed by atoms with Crippen LogP contribution in [0.3, 0.4) is 0 Å². The topological polar surface area (TPSA) is 56.8 Å². The van der Waals surface area contributed by atoms with E-state index in [1.807, 2.05) is 36.4 Å². The van der Waals surface area contributed by atoms with Crippen LogP contribution in [-0.4, -0.2) is 31.8 Å². The summed E-state index contributed by atoms with van der Waals surface area (Å²) in [6, 6.07) is 12.8. The lowest BCUT2D eigenvalue weighted by molar-refractivity contribution is 0.0679. The summed E-state index contributed by atoms with van der Waals surface area (Å²) in [5, 5.41) is 2.92. The molecule has 1 unspecified atom stereocenters. The van der Waals surface area contributed by atoms with E-state index >= 15 is 0 Å². The summed E-state index contributed by atoms with van der Waals surface area (Å²) in [4.78, 5) is 12.7. The van der Waals surface area contributed by atoms with E-state index in [4.69, 9.17) is 14.2 Å². The minimum atomic E-state index is -0.208. The average Bonchev–Trinajstić information content (AvgIpc) is 3.22. The van der Waals surface area contributed by atoms with Gasteiger partial charge < -0.3 is 19.5 Å². The molecule has 2 aromatic carbocycles. The molecule has 0 spiro atoms. The molecule has 5 nitrogen and oxygen atoms in total. The van der Waals surface area contributed by atoms with Gasteiger partial charge in [0.1, 0.15) is 18.1 Å².